The highest BCUT2D eigenvalue weighted by atomic mass is 19.1. The molecule has 1 aliphatic heterocycles. The molecule has 4 heterocycles. The molecule has 0 saturated carbocycles. The van der Waals surface area contributed by atoms with Crippen molar-refractivity contribution < 1.29 is 13.6 Å². The van der Waals surface area contributed by atoms with E-state index in [2.05, 4.69) is 21.5 Å². The maximum atomic E-state index is 14.6. The Morgan fingerprint density at radius 2 is 2.00 bits per heavy atom. The summed E-state index contributed by atoms with van der Waals surface area (Å²) < 4.78 is 31.7. The molecule has 3 aromatic heterocycles. The average molecular weight is 505 g/mol. The fourth-order valence-corrected chi connectivity index (χ4v) is 5.02. The summed E-state index contributed by atoms with van der Waals surface area (Å²) >= 11 is 0. The molecular weight excluding hydrogens is 478 g/mol. The van der Waals surface area contributed by atoms with Gasteiger partial charge in [-0.05, 0) is 44.0 Å². The molecule has 0 amide bonds. The maximum absolute atomic E-state index is 14.6. The number of halogens is 2. The summed E-state index contributed by atoms with van der Waals surface area (Å²) in [6, 6.07) is 5.65. The molecule has 37 heavy (non-hydrogen) atoms. The Hall–Kier alpha value is -4.34. The van der Waals surface area contributed by atoms with Crippen LogP contribution in [-0.2, 0) is 7.05 Å². The second kappa shape index (κ2) is 9.61. The normalized spacial score (nSPS) is 15.4. The smallest absolute Gasteiger partial charge is 0.327 e. The van der Waals surface area contributed by atoms with Crippen LogP contribution >= 0.6 is 0 Å². The minimum atomic E-state index is -0.803. The molecule has 5 rings (SSSR count). The van der Waals surface area contributed by atoms with E-state index in [-0.39, 0.29) is 33.9 Å². The van der Waals surface area contributed by atoms with Gasteiger partial charge in [0.05, 0.1) is 16.6 Å². The lowest BCUT2D eigenvalue weighted by Crippen LogP contribution is -2.36. The van der Waals surface area contributed by atoms with Crippen LogP contribution in [0.4, 0.5) is 8.78 Å². The number of piperidine rings is 1. The van der Waals surface area contributed by atoms with Crippen LogP contribution in [0.3, 0.4) is 0 Å². The van der Waals surface area contributed by atoms with Gasteiger partial charge in [-0.3, -0.25) is 19.3 Å². The largest absolute Gasteiger partial charge is 0.372 e. The second-order valence-corrected chi connectivity index (χ2v) is 9.06. The van der Waals surface area contributed by atoms with E-state index in [1.165, 1.54) is 23.0 Å². The number of imidazole rings is 1. The van der Waals surface area contributed by atoms with Gasteiger partial charge in [0.15, 0.2) is 5.65 Å². The molecule has 1 aliphatic rings. The molecule has 4 aromatic rings. The van der Waals surface area contributed by atoms with Crippen molar-refractivity contribution in [3.63, 3.8) is 0 Å². The van der Waals surface area contributed by atoms with Gasteiger partial charge in [0.25, 0.3) is 0 Å². The van der Waals surface area contributed by atoms with Gasteiger partial charge in [-0.2, -0.15) is 0 Å². The van der Waals surface area contributed by atoms with E-state index >= 15 is 0 Å². The first-order valence-corrected chi connectivity index (χ1v) is 12.0. The van der Waals surface area contributed by atoms with Gasteiger partial charge >= 0.3 is 5.69 Å². The summed E-state index contributed by atoms with van der Waals surface area (Å²) in [6.07, 6.45) is 7.61. The zero-order valence-corrected chi connectivity index (χ0v) is 20.5. The van der Waals surface area contributed by atoms with E-state index in [4.69, 9.17) is 0 Å². The standard InChI is InChI=1S/C27H26F2N6O2/c1-4-30-21(25(36)19-15-33(3)23-14-17(28)13-20(29)24(19)23)12-16(2)34-10-7-18(8-11-34)35-22-6-5-9-31-26(22)32-27(35)37/h4-6,9,12-15,18H,2,7-8,10-11H2,1,3H3,(H,31,32,37)/b21-12-,30-4?. The number of carbonyl (C=O) groups excluding carboxylic acids is 1. The maximum Gasteiger partial charge on any atom is 0.327 e. The Morgan fingerprint density at radius 1 is 1.24 bits per heavy atom. The Morgan fingerprint density at radius 3 is 2.73 bits per heavy atom. The molecule has 0 aliphatic carbocycles. The molecular formula is C27H26F2N6O2. The third-order valence-electron chi connectivity index (χ3n) is 6.78. The number of H-pyrrole nitrogens is 1. The average Bonchev–Trinajstić information content (AvgIpc) is 3.39. The molecule has 1 aromatic carbocycles. The number of likely N-dealkylation sites (tertiary alicyclic amines) is 1. The van der Waals surface area contributed by atoms with Crippen LogP contribution in [0.15, 0.2) is 70.5 Å². The Kier molecular flexibility index (Phi) is 6.32. The third-order valence-corrected chi connectivity index (χ3v) is 6.78. The van der Waals surface area contributed by atoms with Crippen molar-refractivity contribution in [3.05, 3.63) is 88.4 Å². The monoisotopic (exact) mass is 504 g/mol. The van der Waals surface area contributed by atoms with Crippen LogP contribution in [0.25, 0.3) is 22.1 Å². The number of hydrogen-bond donors (Lipinski definition) is 1. The Bertz CT molecular complexity index is 1650. The first-order valence-electron chi connectivity index (χ1n) is 12.0. The number of aromatic amines is 1. The summed E-state index contributed by atoms with van der Waals surface area (Å²) in [4.78, 5) is 39.3. The first kappa shape index (κ1) is 24.4. The predicted octanol–water partition coefficient (Wildman–Crippen LogP) is 4.50. The number of Topliss-reactive ketones (excluding diaryl/α,β-unsaturated/α-hetero) is 1. The van der Waals surface area contributed by atoms with Gasteiger partial charge in [0, 0.05) is 61.9 Å². The number of pyridine rings is 1. The van der Waals surface area contributed by atoms with E-state index in [0.29, 0.717) is 37.3 Å². The lowest BCUT2D eigenvalue weighted by atomic mass is 10.0. The summed E-state index contributed by atoms with van der Waals surface area (Å²) in [5.41, 5.74) is 2.23. The lowest BCUT2D eigenvalue weighted by Gasteiger charge is -2.34. The molecule has 1 fully saturated rings. The van der Waals surface area contributed by atoms with E-state index in [0.717, 1.165) is 11.6 Å². The van der Waals surface area contributed by atoms with Crippen LogP contribution in [0.2, 0.25) is 0 Å². The number of nitrogens with zero attached hydrogens (tertiary/aromatic N) is 5. The number of ketones is 1. The molecule has 0 spiro atoms. The van der Waals surface area contributed by atoms with Crippen molar-refractivity contribution in [1.29, 1.82) is 0 Å². The number of hydrogen-bond acceptors (Lipinski definition) is 5. The van der Waals surface area contributed by atoms with Crippen molar-refractivity contribution in [1.82, 2.24) is 24.0 Å². The number of aryl methyl sites for hydroxylation is 1. The van der Waals surface area contributed by atoms with Crippen LogP contribution in [0, 0.1) is 11.6 Å². The highest BCUT2D eigenvalue weighted by molar-refractivity contribution is 6.16. The van der Waals surface area contributed by atoms with Gasteiger partial charge in [-0.1, -0.05) is 6.58 Å². The summed E-state index contributed by atoms with van der Waals surface area (Å²) in [5.74, 6) is -2.00. The molecule has 0 radical (unpaired) electrons. The number of aromatic nitrogens is 4. The molecule has 10 heteroatoms. The van der Waals surface area contributed by atoms with E-state index in [1.807, 2.05) is 11.0 Å². The van der Waals surface area contributed by atoms with Crippen LogP contribution < -0.4 is 5.69 Å². The Balaban J connectivity index is 1.37. The van der Waals surface area contributed by atoms with Gasteiger partial charge in [0.1, 0.15) is 17.3 Å². The summed E-state index contributed by atoms with van der Waals surface area (Å²) in [7, 11) is 1.63. The number of nitrogens with one attached hydrogen (secondary N) is 1. The van der Waals surface area contributed by atoms with Gasteiger partial charge in [-0.25, -0.2) is 18.6 Å². The molecule has 1 N–H and O–H groups in total. The quantitative estimate of drug-likeness (QED) is 0.181. The highest BCUT2D eigenvalue weighted by Crippen LogP contribution is 2.29. The van der Waals surface area contributed by atoms with Gasteiger partial charge in [0.2, 0.25) is 5.78 Å². The zero-order valence-electron chi connectivity index (χ0n) is 20.5. The van der Waals surface area contributed by atoms with Crippen molar-refractivity contribution in [2.75, 3.05) is 13.1 Å². The number of aliphatic imine (C=N–C) groups is 1. The highest BCUT2D eigenvalue weighted by Gasteiger charge is 2.26. The topological polar surface area (TPSA) is 88.3 Å². The molecule has 0 atom stereocenters. The molecule has 8 nitrogen and oxygen atoms in total. The minimum absolute atomic E-state index is 0.00676. The predicted molar refractivity (Wildman–Crippen MR) is 139 cm³/mol. The molecule has 0 unspecified atom stereocenters. The van der Waals surface area contributed by atoms with Gasteiger partial charge in [-0.15, -0.1) is 0 Å². The van der Waals surface area contributed by atoms with Crippen molar-refractivity contribution in [2.45, 2.75) is 25.8 Å². The Labute approximate surface area is 211 Å². The minimum Gasteiger partial charge on any atom is -0.372 e. The fraction of sp³-hybridized carbons (Fsp3) is 0.259. The van der Waals surface area contributed by atoms with Crippen LogP contribution in [-0.4, -0.2) is 49.1 Å². The van der Waals surface area contributed by atoms with E-state index < -0.39 is 17.4 Å². The van der Waals surface area contributed by atoms with E-state index in [1.54, 1.807) is 36.9 Å². The summed E-state index contributed by atoms with van der Waals surface area (Å²) in [5, 5.41) is 0.0520. The third kappa shape index (κ3) is 4.39. The zero-order chi connectivity index (χ0) is 26.3. The second-order valence-electron chi connectivity index (χ2n) is 9.06. The SMILES string of the molecule is C=C(/C=C(\N=CC)C(=O)c1cn(C)c2cc(F)cc(F)c12)N1CCC(n2c(=O)[nH]c3ncccc32)CC1. The van der Waals surface area contributed by atoms with Crippen LogP contribution in [0.5, 0.6) is 0 Å². The first-order chi connectivity index (χ1) is 17.8. The number of carbonyl (C=O) groups is 1. The molecule has 0 bridgehead atoms. The van der Waals surface area contributed by atoms with Crippen molar-refractivity contribution in [3.8, 4) is 0 Å². The number of allylic oxidation sites excluding steroid dienone is 2. The lowest BCUT2D eigenvalue weighted by molar-refractivity contribution is 0.103. The van der Waals surface area contributed by atoms with Crippen molar-refractivity contribution >= 4 is 34.1 Å². The van der Waals surface area contributed by atoms with Gasteiger partial charge < -0.3 is 9.47 Å². The summed E-state index contributed by atoms with van der Waals surface area (Å²) in [6.45, 7) is 7.07. The number of fused-ring (bicyclic) bond motifs is 2. The fourth-order valence-electron chi connectivity index (χ4n) is 5.02. The number of benzene rings is 1. The molecule has 190 valence electrons. The molecule has 1 saturated heterocycles. The van der Waals surface area contributed by atoms with Crippen molar-refractivity contribution in [2.24, 2.45) is 12.0 Å². The number of rotatable bonds is 6. The van der Waals surface area contributed by atoms with E-state index in [9.17, 15) is 18.4 Å². The van der Waals surface area contributed by atoms with Crippen LogP contribution in [0.1, 0.15) is 36.2 Å².